The van der Waals surface area contributed by atoms with E-state index in [0.29, 0.717) is 11.3 Å². The summed E-state index contributed by atoms with van der Waals surface area (Å²) >= 11 is 0. The Bertz CT molecular complexity index is 1010. The third-order valence-corrected chi connectivity index (χ3v) is 7.04. The SMILES string of the molecule is CC(C(=O)O)c1cccc2c1OC1CC(O)C(NS(=O)(=O)c3ccccc3)C21. The number of hydrogen-bond donors (Lipinski definition) is 3. The Labute approximate surface area is 163 Å². The molecule has 3 N–H and O–H groups in total. The predicted octanol–water partition coefficient (Wildman–Crippen LogP) is 1.83. The third kappa shape index (κ3) is 3.07. The third-order valence-electron chi connectivity index (χ3n) is 5.56. The van der Waals surface area contributed by atoms with Crippen LogP contribution in [0.1, 0.15) is 36.3 Å². The van der Waals surface area contributed by atoms with Gasteiger partial charge in [-0.3, -0.25) is 4.79 Å². The minimum absolute atomic E-state index is 0.123. The van der Waals surface area contributed by atoms with Crippen LogP contribution < -0.4 is 9.46 Å². The summed E-state index contributed by atoms with van der Waals surface area (Å²) in [6.07, 6.45) is -1.04. The van der Waals surface area contributed by atoms with E-state index in [1.54, 1.807) is 43.3 Å². The minimum Gasteiger partial charge on any atom is -0.489 e. The summed E-state index contributed by atoms with van der Waals surface area (Å²) in [6.45, 7) is 1.58. The fourth-order valence-corrected chi connectivity index (χ4v) is 5.43. The molecule has 2 aromatic rings. The molecule has 28 heavy (non-hydrogen) atoms. The number of aliphatic hydroxyl groups is 1. The second-order valence-electron chi connectivity index (χ2n) is 7.27. The van der Waals surface area contributed by atoms with Gasteiger partial charge >= 0.3 is 5.97 Å². The molecule has 1 fully saturated rings. The summed E-state index contributed by atoms with van der Waals surface area (Å²) in [6, 6.07) is 12.5. The number of carbonyl (C=O) groups is 1. The number of aliphatic carboxylic acids is 1. The van der Waals surface area contributed by atoms with Gasteiger partial charge in [0.2, 0.25) is 10.0 Å². The Morgan fingerprint density at radius 1 is 1.18 bits per heavy atom. The highest BCUT2D eigenvalue weighted by atomic mass is 32.2. The Hall–Kier alpha value is -2.42. The van der Waals surface area contributed by atoms with E-state index in [1.165, 1.54) is 12.1 Å². The highest BCUT2D eigenvalue weighted by molar-refractivity contribution is 7.89. The van der Waals surface area contributed by atoms with Crippen molar-refractivity contribution in [2.24, 2.45) is 0 Å². The number of para-hydroxylation sites is 1. The zero-order valence-corrected chi connectivity index (χ0v) is 16.0. The maximum atomic E-state index is 12.8. The highest BCUT2D eigenvalue weighted by Crippen LogP contribution is 2.50. The fraction of sp³-hybridized carbons (Fsp3) is 0.350. The van der Waals surface area contributed by atoms with Crippen LogP contribution in [-0.2, 0) is 14.8 Å². The van der Waals surface area contributed by atoms with E-state index in [-0.39, 0.29) is 17.2 Å². The van der Waals surface area contributed by atoms with E-state index < -0.39 is 40.2 Å². The van der Waals surface area contributed by atoms with E-state index in [9.17, 15) is 23.4 Å². The summed E-state index contributed by atoms with van der Waals surface area (Å²) in [4.78, 5) is 11.5. The van der Waals surface area contributed by atoms with Crippen LogP contribution in [0.25, 0.3) is 0 Å². The monoisotopic (exact) mass is 403 g/mol. The van der Waals surface area contributed by atoms with E-state index in [0.717, 1.165) is 5.56 Å². The number of sulfonamides is 1. The molecule has 148 valence electrons. The molecule has 8 heteroatoms. The number of carboxylic acid groups (broad SMARTS) is 1. The number of carboxylic acids is 1. The quantitative estimate of drug-likeness (QED) is 0.702. The van der Waals surface area contributed by atoms with Crippen LogP contribution in [0.5, 0.6) is 5.75 Å². The van der Waals surface area contributed by atoms with Crippen molar-refractivity contribution in [3.63, 3.8) is 0 Å². The first-order valence-corrected chi connectivity index (χ1v) is 10.6. The maximum absolute atomic E-state index is 12.8. The number of fused-ring (bicyclic) bond motifs is 3. The zero-order chi connectivity index (χ0) is 20.1. The molecule has 1 heterocycles. The Morgan fingerprint density at radius 3 is 2.57 bits per heavy atom. The van der Waals surface area contributed by atoms with Gasteiger partial charge in [0.1, 0.15) is 11.9 Å². The van der Waals surface area contributed by atoms with Crippen LogP contribution in [0.4, 0.5) is 0 Å². The van der Waals surface area contributed by atoms with Crippen molar-refractivity contribution in [1.82, 2.24) is 4.72 Å². The molecule has 0 saturated heterocycles. The average molecular weight is 403 g/mol. The number of rotatable bonds is 5. The van der Waals surface area contributed by atoms with Gasteiger partial charge in [-0.1, -0.05) is 36.4 Å². The lowest BCUT2D eigenvalue weighted by Gasteiger charge is -2.22. The minimum atomic E-state index is -3.82. The molecule has 0 radical (unpaired) electrons. The first-order valence-electron chi connectivity index (χ1n) is 9.07. The van der Waals surface area contributed by atoms with Crippen LogP contribution >= 0.6 is 0 Å². The van der Waals surface area contributed by atoms with Crippen LogP contribution in [0.15, 0.2) is 53.4 Å². The average Bonchev–Trinajstić information content (AvgIpc) is 3.17. The van der Waals surface area contributed by atoms with Crippen LogP contribution in [0.2, 0.25) is 0 Å². The van der Waals surface area contributed by atoms with Gasteiger partial charge in [0.15, 0.2) is 0 Å². The molecular weight excluding hydrogens is 382 g/mol. The van der Waals surface area contributed by atoms with Crippen molar-refractivity contribution in [3.8, 4) is 5.75 Å². The van der Waals surface area contributed by atoms with Gasteiger partial charge < -0.3 is 14.9 Å². The molecule has 2 aliphatic rings. The summed E-state index contributed by atoms with van der Waals surface area (Å²) in [5, 5.41) is 19.9. The topological polar surface area (TPSA) is 113 Å². The van der Waals surface area contributed by atoms with E-state index >= 15 is 0 Å². The standard InChI is InChI=1S/C20H21NO6S/c1-11(20(23)24)13-8-5-9-14-17-16(27-19(13)14)10-15(22)18(17)21-28(25,26)12-6-3-2-4-7-12/h2-9,11,15-18,21-22H,10H2,1H3,(H,23,24). The predicted molar refractivity (Wildman–Crippen MR) is 101 cm³/mol. The molecule has 4 rings (SSSR count). The number of benzene rings is 2. The van der Waals surface area contributed by atoms with Crippen molar-refractivity contribution >= 4 is 16.0 Å². The van der Waals surface area contributed by atoms with Gasteiger partial charge in [-0.25, -0.2) is 13.1 Å². The summed E-state index contributed by atoms with van der Waals surface area (Å²) in [5.41, 5.74) is 1.28. The normalized spacial score (nSPS) is 26.9. The summed E-state index contributed by atoms with van der Waals surface area (Å²) in [7, 11) is -3.82. The molecule has 5 unspecified atom stereocenters. The molecule has 1 saturated carbocycles. The first-order chi connectivity index (χ1) is 13.3. The van der Waals surface area contributed by atoms with Crippen molar-refractivity contribution in [2.75, 3.05) is 0 Å². The van der Waals surface area contributed by atoms with Crippen molar-refractivity contribution in [2.45, 2.75) is 48.3 Å². The second kappa shape index (κ2) is 6.88. The van der Waals surface area contributed by atoms with Gasteiger partial charge in [0.05, 0.1) is 23.0 Å². The molecule has 0 aromatic heterocycles. The van der Waals surface area contributed by atoms with Gasteiger partial charge in [-0.15, -0.1) is 0 Å². The number of hydrogen-bond acceptors (Lipinski definition) is 5. The molecule has 7 nitrogen and oxygen atoms in total. The molecule has 1 aliphatic heterocycles. The van der Waals surface area contributed by atoms with Gasteiger partial charge in [0, 0.05) is 23.5 Å². The van der Waals surface area contributed by atoms with E-state index in [4.69, 9.17) is 4.74 Å². The van der Waals surface area contributed by atoms with Gasteiger partial charge in [-0.2, -0.15) is 0 Å². The van der Waals surface area contributed by atoms with Crippen LogP contribution in [0, 0.1) is 0 Å². The summed E-state index contributed by atoms with van der Waals surface area (Å²) in [5.74, 6) is -1.61. The largest absolute Gasteiger partial charge is 0.489 e. The first kappa shape index (κ1) is 18.9. The lowest BCUT2D eigenvalue weighted by atomic mass is 9.90. The van der Waals surface area contributed by atoms with Crippen molar-refractivity contribution < 1.29 is 28.2 Å². The Balaban J connectivity index is 1.69. The van der Waals surface area contributed by atoms with Crippen molar-refractivity contribution in [1.29, 1.82) is 0 Å². The molecular formula is C20H21NO6S. The summed E-state index contributed by atoms with van der Waals surface area (Å²) < 4.78 is 34.1. The molecule has 0 bridgehead atoms. The highest BCUT2D eigenvalue weighted by Gasteiger charge is 2.51. The van der Waals surface area contributed by atoms with E-state index in [2.05, 4.69) is 4.72 Å². The molecule has 5 atom stereocenters. The maximum Gasteiger partial charge on any atom is 0.310 e. The lowest BCUT2D eigenvalue weighted by molar-refractivity contribution is -0.138. The number of ether oxygens (including phenoxy) is 1. The molecule has 1 aliphatic carbocycles. The smallest absolute Gasteiger partial charge is 0.310 e. The fourth-order valence-electron chi connectivity index (χ4n) is 4.11. The van der Waals surface area contributed by atoms with Gasteiger partial charge in [0.25, 0.3) is 0 Å². The van der Waals surface area contributed by atoms with Crippen molar-refractivity contribution in [3.05, 3.63) is 59.7 Å². The number of aliphatic hydroxyl groups excluding tert-OH is 1. The van der Waals surface area contributed by atoms with Crippen LogP contribution in [0.3, 0.4) is 0 Å². The van der Waals surface area contributed by atoms with Gasteiger partial charge in [-0.05, 0) is 19.1 Å². The second-order valence-corrected chi connectivity index (χ2v) is 8.98. The molecule has 0 spiro atoms. The Kier molecular flexibility index (Phi) is 4.65. The van der Waals surface area contributed by atoms with Crippen LogP contribution in [-0.4, -0.2) is 42.8 Å². The zero-order valence-electron chi connectivity index (χ0n) is 15.1. The van der Waals surface area contributed by atoms with E-state index in [1.807, 2.05) is 0 Å². The number of nitrogens with one attached hydrogen (secondary N) is 1. The molecule has 0 amide bonds. The lowest BCUT2D eigenvalue weighted by Crippen LogP contribution is -2.43. The Morgan fingerprint density at radius 2 is 1.89 bits per heavy atom. The molecule has 2 aromatic carbocycles.